The standard InChI is InChI=1S/C23H30N2O2/c1-5-20-19(24-22(26)27-23(2,3)4)16-25(20)21(17-12-8-6-9-13-17)18-14-10-7-11-15-18/h6-15,19-21H,5,16H2,1-4H3,(H,24,26)/t19-,20-/m1/s1. The predicted octanol–water partition coefficient (Wildman–Crippen LogP) is 4.76. The molecule has 1 amide bonds. The van der Waals surface area contributed by atoms with E-state index in [2.05, 4.69) is 65.7 Å². The first-order chi connectivity index (χ1) is 12.9. The molecule has 0 bridgehead atoms. The van der Waals surface area contributed by atoms with Crippen LogP contribution in [0.15, 0.2) is 60.7 Å². The molecule has 0 aliphatic carbocycles. The summed E-state index contributed by atoms with van der Waals surface area (Å²) in [6.07, 6.45) is 0.637. The third kappa shape index (κ3) is 4.69. The Balaban J connectivity index is 1.78. The van der Waals surface area contributed by atoms with Gasteiger partial charge in [-0.2, -0.15) is 0 Å². The molecule has 0 spiro atoms. The maximum atomic E-state index is 12.2. The lowest BCUT2D eigenvalue weighted by molar-refractivity contribution is -0.000582. The lowest BCUT2D eigenvalue weighted by Gasteiger charge is -2.52. The number of nitrogens with zero attached hydrogens (tertiary/aromatic N) is 1. The van der Waals surface area contributed by atoms with Crippen molar-refractivity contribution < 1.29 is 9.53 Å². The van der Waals surface area contributed by atoms with Crippen LogP contribution in [0.1, 0.15) is 51.3 Å². The van der Waals surface area contributed by atoms with Crippen molar-refractivity contribution >= 4 is 6.09 Å². The number of amides is 1. The first kappa shape index (κ1) is 19.4. The minimum absolute atomic E-state index is 0.111. The molecule has 27 heavy (non-hydrogen) atoms. The zero-order valence-corrected chi connectivity index (χ0v) is 16.7. The molecule has 144 valence electrons. The minimum Gasteiger partial charge on any atom is -0.444 e. The highest BCUT2D eigenvalue weighted by atomic mass is 16.6. The maximum absolute atomic E-state index is 12.2. The summed E-state index contributed by atoms with van der Waals surface area (Å²) in [5.41, 5.74) is 2.07. The third-order valence-electron chi connectivity index (χ3n) is 4.98. The van der Waals surface area contributed by atoms with Gasteiger partial charge in [0, 0.05) is 12.6 Å². The Morgan fingerprint density at radius 1 is 1.07 bits per heavy atom. The van der Waals surface area contributed by atoms with Gasteiger partial charge in [0.2, 0.25) is 0 Å². The summed E-state index contributed by atoms with van der Waals surface area (Å²) < 4.78 is 5.43. The fraction of sp³-hybridized carbons (Fsp3) is 0.435. The van der Waals surface area contributed by atoms with Gasteiger partial charge >= 0.3 is 6.09 Å². The number of benzene rings is 2. The number of carbonyl (C=O) groups excluding carboxylic acids is 1. The topological polar surface area (TPSA) is 41.6 Å². The van der Waals surface area contributed by atoms with Gasteiger partial charge < -0.3 is 10.1 Å². The number of hydrogen-bond acceptors (Lipinski definition) is 3. The molecule has 0 saturated carbocycles. The van der Waals surface area contributed by atoms with E-state index in [0.29, 0.717) is 0 Å². The van der Waals surface area contributed by atoms with E-state index in [9.17, 15) is 4.79 Å². The summed E-state index contributed by atoms with van der Waals surface area (Å²) in [5, 5.41) is 3.06. The van der Waals surface area contributed by atoms with Crippen LogP contribution in [0.5, 0.6) is 0 Å². The van der Waals surface area contributed by atoms with Crippen molar-refractivity contribution in [2.75, 3.05) is 6.54 Å². The molecule has 2 atom stereocenters. The van der Waals surface area contributed by atoms with Crippen molar-refractivity contribution in [3.8, 4) is 0 Å². The fourth-order valence-electron chi connectivity index (χ4n) is 3.84. The molecule has 2 aromatic rings. The van der Waals surface area contributed by atoms with Crippen LogP contribution in [0.4, 0.5) is 4.79 Å². The molecule has 1 heterocycles. The second-order valence-corrected chi connectivity index (χ2v) is 8.15. The molecule has 2 aromatic carbocycles. The summed E-state index contributed by atoms with van der Waals surface area (Å²) in [6, 6.07) is 21.7. The van der Waals surface area contributed by atoms with Gasteiger partial charge in [-0.05, 0) is 38.3 Å². The van der Waals surface area contributed by atoms with Crippen LogP contribution >= 0.6 is 0 Å². The first-order valence-corrected chi connectivity index (χ1v) is 9.74. The lowest BCUT2D eigenvalue weighted by Crippen LogP contribution is -2.67. The van der Waals surface area contributed by atoms with Gasteiger partial charge in [-0.3, -0.25) is 4.90 Å². The number of alkyl carbamates (subject to hydrolysis) is 1. The summed E-state index contributed by atoms with van der Waals surface area (Å²) in [6.45, 7) is 8.65. The van der Waals surface area contributed by atoms with Crippen LogP contribution in [-0.4, -0.2) is 35.2 Å². The molecule has 4 heteroatoms. The number of rotatable bonds is 5. The van der Waals surface area contributed by atoms with Crippen LogP contribution in [0, 0.1) is 0 Å². The van der Waals surface area contributed by atoms with E-state index in [1.54, 1.807) is 0 Å². The quantitative estimate of drug-likeness (QED) is 0.829. The van der Waals surface area contributed by atoms with E-state index in [-0.39, 0.29) is 24.2 Å². The van der Waals surface area contributed by atoms with Gasteiger partial charge in [-0.25, -0.2) is 4.79 Å². The molecule has 3 rings (SSSR count). The van der Waals surface area contributed by atoms with E-state index in [0.717, 1.165) is 13.0 Å². The Morgan fingerprint density at radius 3 is 2.04 bits per heavy atom. The highest BCUT2D eigenvalue weighted by Crippen LogP contribution is 2.37. The van der Waals surface area contributed by atoms with Crippen LogP contribution in [0.2, 0.25) is 0 Å². The average Bonchev–Trinajstić information content (AvgIpc) is 2.61. The zero-order valence-electron chi connectivity index (χ0n) is 16.7. The second-order valence-electron chi connectivity index (χ2n) is 8.15. The Kier molecular flexibility index (Phi) is 5.85. The van der Waals surface area contributed by atoms with Crippen molar-refractivity contribution in [2.45, 2.75) is 57.8 Å². The summed E-state index contributed by atoms with van der Waals surface area (Å²) in [5.74, 6) is 0. The smallest absolute Gasteiger partial charge is 0.407 e. The van der Waals surface area contributed by atoms with Gasteiger partial charge in [0.15, 0.2) is 0 Å². The van der Waals surface area contributed by atoms with Gasteiger partial charge in [-0.1, -0.05) is 67.6 Å². The molecule has 0 unspecified atom stereocenters. The monoisotopic (exact) mass is 366 g/mol. The predicted molar refractivity (Wildman–Crippen MR) is 109 cm³/mol. The summed E-state index contributed by atoms with van der Waals surface area (Å²) in [7, 11) is 0. The summed E-state index contributed by atoms with van der Waals surface area (Å²) >= 11 is 0. The molecular weight excluding hydrogens is 336 g/mol. The molecule has 1 N–H and O–H groups in total. The zero-order chi connectivity index (χ0) is 19.4. The van der Waals surface area contributed by atoms with E-state index < -0.39 is 5.60 Å². The van der Waals surface area contributed by atoms with Crippen molar-refractivity contribution in [2.24, 2.45) is 0 Å². The van der Waals surface area contributed by atoms with Crippen LogP contribution < -0.4 is 5.32 Å². The van der Waals surface area contributed by atoms with Crippen molar-refractivity contribution in [3.63, 3.8) is 0 Å². The van der Waals surface area contributed by atoms with Crippen LogP contribution in [-0.2, 0) is 4.74 Å². The minimum atomic E-state index is -0.480. The van der Waals surface area contributed by atoms with Gasteiger partial charge in [0.1, 0.15) is 5.60 Å². The fourth-order valence-corrected chi connectivity index (χ4v) is 3.84. The van der Waals surface area contributed by atoms with E-state index in [1.165, 1.54) is 11.1 Å². The highest BCUT2D eigenvalue weighted by molar-refractivity contribution is 5.68. The Hall–Kier alpha value is -2.33. The Labute approximate surface area is 162 Å². The number of ether oxygens (including phenoxy) is 1. The van der Waals surface area contributed by atoms with Crippen molar-refractivity contribution in [1.29, 1.82) is 0 Å². The number of carbonyl (C=O) groups is 1. The normalized spacial score (nSPS) is 20.2. The van der Waals surface area contributed by atoms with Crippen LogP contribution in [0.25, 0.3) is 0 Å². The molecule has 0 radical (unpaired) electrons. The second kappa shape index (κ2) is 8.13. The Morgan fingerprint density at radius 2 is 1.59 bits per heavy atom. The average molecular weight is 367 g/mol. The number of nitrogens with one attached hydrogen (secondary N) is 1. The molecule has 1 aliphatic rings. The molecule has 1 aliphatic heterocycles. The van der Waals surface area contributed by atoms with E-state index in [4.69, 9.17) is 4.74 Å². The lowest BCUT2D eigenvalue weighted by atomic mass is 9.86. The molecule has 0 aromatic heterocycles. The largest absolute Gasteiger partial charge is 0.444 e. The molecule has 1 fully saturated rings. The number of likely N-dealkylation sites (tertiary alicyclic amines) is 1. The molecular formula is C23H30N2O2. The molecule has 4 nitrogen and oxygen atoms in total. The molecule has 1 saturated heterocycles. The summed E-state index contributed by atoms with van der Waals surface area (Å²) in [4.78, 5) is 14.7. The maximum Gasteiger partial charge on any atom is 0.407 e. The third-order valence-corrected chi connectivity index (χ3v) is 4.98. The van der Waals surface area contributed by atoms with Crippen molar-refractivity contribution in [1.82, 2.24) is 10.2 Å². The van der Waals surface area contributed by atoms with Crippen molar-refractivity contribution in [3.05, 3.63) is 71.8 Å². The van der Waals surface area contributed by atoms with E-state index in [1.807, 2.05) is 32.9 Å². The van der Waals surface area contributed by atoms with Crippen LogP contribution in [0.3, 0.4) is 0 Å². The van der Waals surface area contributed by atoms with E-state index >= 15 is 0 Å². The van der Waals surface area contributed by atoms with Gasteiger partial charge in [0.05, 0.1) is 12.1 Å². The first-order valence-electron chi connectivity index (χ1n) is 9.74. The number of hydrogen-bond donors (Lipinski definition) is 1. The van der Waals surface area contributed by atoms with Gasteiger partial charge in [0.25, 0.3) is 0 Å². The van der Waals surface area contributed by atoms with Gasteiger partial charge in [-0.15, -0.1) is 0 Å². The Bertz CT molecular complexity index is 700. The highest BCUT2D eigenvalue weighted by Gasteiger charge is 2.43. The SMILES string of the molecule is CC[C@@H]1[C@H](NC(=O)OC(C)(C)C)CN1C(c1ccccc1)c1ccccc1.